The predicted octanol–water partition coefficient (Wildman–Crippen LogP) is 3.44. The number of amides is 2. The standard InChI is InChI=1S/C21H21Cl2N3O2/c22-16-10-17(23)12-18(11-16)26-20(27)13-19(21(26)28)25-8-6-24(7-9-25)14-15-4-2-1-3-5-15/h1-5,10-12,19H,6-9,13-14H2/t19-/m1/s1. The van der Waals surface area contributed by atoms with Gasteiger partial charge in [0.15, 0.2) is 0 Å². The minimum absolute atomic E-state index is 0.195. The molecule has 7 heteroatoms. The normalized spacial score (nSPS) is 21.5. The highest BCUT2D eigenvalue weighted by Crippen LogP contribution is 2.31. The number of rotatable bonds is 4. The van der Waals surface area contributed by atoms with Crippen LogP contribution in [-0.4, -0.2) is 53.8 Å². The summed E-state index contributed by atoms with van der Waals surface area (Å²) >= 11 is 12.1. The van der Waals surface area contributed by atoms with E-state index in [4.69, 9.17) is 23.2 Å². The van der Waals surface area contributed by atoms with E-state index >= 15 is 0 Å². The van der Waals surface area contributed by atoms with E-state index in [2.05, 4.69) is 21.9 Å². The molecule has 5 nitrogen and oxygen atoms in total. The van der Waals surface area contributed by atoms with Crippen LogP contribution in [0.5, 0.6) is 0 Å². The average molecular weight is 418 g/mol. The van der Waals surface area contributed by atoms with Gasteiger partial charge in [-0.15, -0.1) is 0 Å². The molecule has 2 fully saturated rings. The van der Waals surface area contributed by atoms with Crippen LogP contribution in [0.25, 0.3) is 0 Å². The Morgan fingerprint density at radius 1 is 0.893 bits per heavy atom. The second-order valence-electron chi connectivity index (χ2n) is 7.21. The summed E-state index contributed by atoms with van der Waals surface area (Å²) in [5.74, 6) is -0.403. The summed E-state index contributed by atoms with van der Waals surface area (Å²) in [5, 5.41) is 0.808. The van der Waals surface area contributed by atoms with Crippen molar-refractivity contribution in [2.45, 2.75) is 19.0 Å². The maximum atomic E-state index is 13.0. The molecular weight excluding hydrogens is 397 g/mol. The number of carbonyl (C=O) groups excluding carboxylic acids is 2. The summed E-state index contributed by atoms with van der Waals surface area (Å²) in [5.41, 5.74) is 1.73. The van der Waals surface area contributed by atoms with E-state index in [1.54, 1.807) is 18.2 Å². The molecule has 1 atom stereocenters. The number of hydrogen-bond acceptors (Lipinski definition) is 4. The third kappa shape index (κ3) is 4.08. The van der Waals surface area contributed by atoms with Crippen LogP contribution >= 0.6 is 23.2 Å². The molecular formula is C21H21Cl2N3O2. The topological polar surface area (TPSA) is 43.9 Å². The molecule has 0 radical (unpaired) electrons. The van der Waals surface area contributed by atoms with Crippen LogP contribution in [0.15, 0.2) is 48.5 Å². The first-order valence-corrected chi connectivity index (χ1v) is 10.1. The van der Waals surface area contributed by atoms with Crippen molar-refractivity contribution in [3.63, 3.8) is 0 Å². The van der Waals surface area contributed by atoms with Gasteiger partial charge in [0.25, 0.3) is 5.91 Å². The van der Waals surface area contributed by atoms with Crippen molar-refractivity contribution in [2.75, 3.05) is 31.1 Å². The molecule has 4 rings (SSSR count). The van der Waals surface area contributed by atoms with Crippen LogP contribution in [0, 0.1) is 0 Å². The largest absolute Gasteiger partial charge is 0.297 e. The van der Waals surface area contributed by atoms with Crippen molar-refractivity contribution in [2.24, 2.45) is 0 Å². The lowest BCUT2D eigenvalue weighted by molar-refractivity contribution is -0.123. The van der Waals surface area contributed by atoms with Crippen molar-refractivity contribution in [3.8, 4) is 0 Å². The predicted molar refractivity (Wildman–Crippen MR) is 111 cm³/mol. The molecule has 146 valence electrons. The van der Waals surface area contributed by atoms with E-state index in [1.807, 2.05) is 18.2 Å². The molecule has 2 heterocycles. The van der Waals surface area contributed by atoms with Gasteiger partial charge in [0, 0.05) is 42.8 Å². The molecule has 0 aromatic heterocycles. The molecule has 2 saturated heterocycles. The van der Waals surface area contributed by atoms with Gasteiger partial charge in [-0.25, -0.2) is 4.90 Å². The molecule has 2 aromatic rings. The first-order chi connectivity index (χ1) is 13.5. The zero-order valence-electron chi connectivity index (χ0n) is 15.4. The fraction of sp³-hybridized carbons (Fsp3) is 0.333. The van der Waals surface area contributed by atoms with Crippen molar-refractivity contribution >= 4 is 40.7 Å². The van der Waals surface area contributed by atoms with E-state index in [0.29, 0.717) is 15.7 Å². The number of anilines is 1. The van der Waals surface area contributed by atoms with Crippen molar-refractivity contribution in [3.05, 3.63) is 64.1 Å². The number of piperazine rings is 1. The fourth-order valence-electron chi connectivity index (χ4n) is 3.92. The molecule has 2 amide bonds. The van der Waals surface area contributed by atoms with Gasteiger partial charge in [0.05, 0.1) is 18.2 Å². The summed E-state index contributed by atoms with van der Waals surface area (Å²) in [6.07, 6.45) is 0.196. The number of imide groups is 1. The minimum Gasteiger partial charge on any atom is -0.297 e. The third-order valence-electron chi connectivity index (χ3n) is 5.32. The van der Waals surface area contributed by atoms with E-state index in [-0.39, 0.29) is 18.2 Å². The summed E-state index contributed by atoms with van der Waals surface area (Å²) in [7, 11) is 0. The fourth-order valence-corrected chi connectivity index (χ4v) is 4.43. The Bertz CT molecular complexity index is 862. The summed E-state index contributed by atoms with van der Waals surface area (Å²) in [6, 6.07) is 14.7. The Balaban J connectivity index is 1.40. The maximum absolute atomic E-state index is 13.0. The van der Waals surface area contributed by atoms with Crippen LogP contribution in [0.2, 0.25) is 10.0 Å². The minimum atomic E-state index is -0.413. The van der Waals surface area contributed by atoms with Crippen LogP contribution in [0.1, 0.15) is 12.0 Å². The molecule has 0 unspecified atom stereocenters. The van der Waals surface area contributed by atoms with Gasteiger partial charge in [0.2, 0.25) is 5.91 Å². The van der Waals surface area contributed by atoms with Gasteiger partial charge >= 0.3 is 0 Å². The first kappa shape index (κ1) is 19.4. The van der Waals surface area contributed by atoms with Gasteiger partial charge in [-0.05, 0) is 23.8 Å². The number of halogens is 2. The first-order valence-electron chi connectivity index (χ1n) is 9.34. The lowest BCUT2D eigenvalue weighted by atomic mass is 10.1. The van der Waals surface area contributed by atoms with Crippen molar-refractivity contribution < 1.29 is 9.59 Å². The van der Waals surface area contributed by atoms with E-state index in [0.717, 1.165) is 32.7 Å². The number of carbonyl (C=O) groups is 2. The van der Waals surface area contributed by atoms with Gasteiger partial charge in [-0.1, -0.05) is 53.5 Å². The van der Waals surface area contributed by atoms with Gasteiger partial charge in [-0.3, -0.25) is 19.4 Å². The smallest absolute Gasteiger partial charge is 0.251 e. The van der Waals surface area contributed by atoms with Crippen LogP contribution in [-0.2, 0) is 16.1 Å². The van der Waals surface area contributed by atoms with Gasteiger partial charge in [0.1, 0.15) is 0 Å². The van der Waals surface area contributed by atoms with E-state index < -0.39 is 6.04 Å². The SMILES string of the molecule is O=C1C[C@@H](N2CCN(Cc3ccccc3)CC2)C(=O)N1c1cc(Cl)cc(Cl)c1. The molecule has 2 aliphatic rings. The zero-order chi connectivity index (χ0) is 19.7. The average Bonchev–Trinajstić information content (AvgIpc) is 2.97. The Labute approximate surface area is 174 Å². The maximum Gasteiger partial charge on any atom is 0.251 e. The lowest BCUT2D eigenvalue weighted by Gasteiger charge is -2.37. The molecule has 2 aromatic carbocycles. The number of nitrogens with zero attached hydrogens (tertiary/aromatic N) is 3. The second kappa shape index (κ2) is 8.21. The monoisotopic (exact) mass is 417 g/mol. The van der Waals surface area contributed by atoms with E-state index in [1.165, 1.54) is 10.5 Å². The molecule has 2 aliphatic heterocycles. The quantitative estimate of drug-likeness (QED) is 0.714. The highest BCUT2D eigenvalue weighted by Gasteiger charge is 2.43. The lowest BCUT2D eigenvalue weighted by Crippen LogP contribution is -2.52. The zero-order valence-corrected chi connectivity index (χ0v) is 16.9. The van der Waals surface area contributed by atoms with Crippen molar-refractivity contribution in [1.82, 2.24) is 9.80 Å². The van der Waals surface area contributed by atoms with Gasteiger partial charge < -0.3 is 0 Å². The van der Waals surface area contributed by atoms with Crippen LogP contribution in [0.4, 0.5) is 5.69 Å². The van der Waals surface area contributed by atoms with Crippen molar-refractivity contribution in [1.29, 1.82) is 0 Å². The Morgan fingerprint density at radius 2 is 1.54 bits per heavy atom. The highest BCUT2D eigenvalue weighted by molar-refractivity contribution is 6.35. The number of hydrogen-bond donors (Lipinski definition) is 0. The molecule has 28 heavy (non-hydrogen) atoms. The molecule has 0 bridgehead atoms. The van der Waals surface area contributed by atoms with Crippen LogP contribution < -0.4 is 4.90 Å². The highest BCUT2D eigenvalue weighted by atomic mass is 35.5. The van der Waals surface area contributed by atoms with Gasteiger partial charge in [-0.2, -0.15) is 0 Å². The number of benzene rings is 2. The summed E-state index contributed by atoms with van der Waals surface area (Å²) in [4.78, 5) is 31.2. The second-order valence-corrected chi connectivity index (χ2v) is 8.09. The Hall–Kier alpha value is -1.92. The molecule has 0 aliphatic carbocycles. The van der Waals surface area contributed by atoms with Crippen LogP contribution in [0.3, 0.4) is 0 Å². The third-order valence-corrected chi connectivity index (χ3v) is 5.76. The van der Waals surface area contributed by atoms with E-state index in [9.17, 15) is 9.59 Å². The molecule has 0 spiro atoms. The summed E-state index contributed by atoms with van der Waals surface area (Å²) < 4.78 is 0. The summed E-state index contributed by atoms with van der Waals surface area (Å²) in [6.45, 7) is 4.17. The Morgan fingerprint density at radius 3 is 2.18 bits per heavy atom. The molecule has 0 N–H and O–H groups in total. The molecule has 0 saturated carbocycles. The Kier molecular flexibility index (Phi) is 5.69.